The SMILES string of the molecule is COc1cccc(CCC(=O)NC2CCN(c3nc4c(s3)c(C)nn4-c3ccc(F)cc3)CC2)c1. The Morgan fingerprint density at radius 2 is 1.97 bits per heavy atom. The molecule has 0 radical (unpaired) electrons. The highest BCUT2D eigenvalue weighted by Crippen LogP contribution is 2.33. The monoisotopic (exact) mass is 493 g/mol. The lowest BCUT2D eigenvalue weighted by Crippen LogP contribution is -2.44. The van der Waals surface area contributed by atoms with Crippen molar-refractivity contribution in [1.29, 1.82) is 0 Å². The number of nitrogens with one attached hydrogen (secondary N) is 1. The van der Waals surface area contributed by atoms with Crippen LogP contribution < -0.4 is 15.0 Å². The molecule has 1 saturated heterocycles. The molecular formula is C26H28FN5O2S. The number of aromatic nitrogens is 3. The van der Waals surface area contributed by atoms with Gasteiger partial charge in [0.1, 0.15) is 11.6 Å². The molecule has 2 aromatic heterocycles. The van der Waals surface area contributed by atoms with E-state index in [1.165, 1.54) is 12.1 Å². The molecular weight excluding hydrogens is 465 g/mol. The number of methoxy groups -OCH3 is 1. The van der Waals surface area contributed by atoms with Gasteiger partial charge in [-0.2, -0.15) is 10.1 Å². The van der Waals surface area contributed by atoms with Crippen molar-refractivity contribution in [3.8, 4) is 11.4 Å². The first-order chi connectivity index (χ1) is 17.0. The van der Waals surface area contributed by atoms with E-state index in [1.54, 1.807) is 35.3 Å². The molecule has 1 fully saturated rings. The Balaban J connectivity index is 1.18. The molecule has 4 aromatic rings. The third kappa shape index (κ3) is 5.14. The van der Waals surface area contributed by atoms with Gasteiger partial charge in [0, 0.05) is 25.6 Å². The van der Waals surface area contributed by atoms with Crippen LogP contribution in [0.4, 0.5) is 9.52 Å². The number of amides is 1. The molecule has 1 aliphatic heterocycles. The largest absolute Gasteiger partial charge is 0.497 e. The fraction of sp³-hybridized carbons (Fsp3) is 0.346. The molecule has 0 spiro atoms. The van der Waals surface area contributed by atoms with Crippen molar-refractivity contribution >= 4 is 32.7 Å². The van der Waals surface area contributed by atoms with Crippen LogP contribution in [0.15, 0.2) is 48.5 Å². The predicted octanol–water partition coefficient (Wildman–Crippen LogP) is 4.66. The van der Waals surface area contributed by atoms with Crippen LogP contribution in [0, 0.1) is 12.7 Å². The Morgan fingerprint density at radius 3 is 2.71 bits per heavy atom. The van der Waals surface area contributed by atoms with Crippen molar-refractivity contribution in [2.75, 3.05) is 25.1 Å². The number of halogens is 1. The third-order valence-corrected chi connectivity index (χ3v) is 7.57. The summed E-state index contributed by atoms with van der Waals surface area (Å²) in [5.41, 5.74) is 3.59. The second-order valence-corrected chi connectivity index (χ2v) is 9.78. The van der Waals surface area contributed by atoms with Gasteiger partial charge in [-0.3, -0.25) is 4.79 Å². The summed E-state index contributed by atoms with van der Waals surface area (Å²) in [6.45, 7) is 3.64. The molecule has 0 unspecified atom stereocenters. The smallest absolute Gasteiger partial charge is 0.220 e. The molecule has 0 saturated carbocycles. The van der Waals surface area contributed by atoms with Gasteiger partial charge in [-0.1, -0.05) is 23.5 Å². The van der Waals surface area contributed by atoms with Gasteiger partial charge in [0.15, 0.2) is 10.8 Å². The summed E-state index contributed by atoms with van der Waals surface area (Å²) in [7, 11) is 1.65. The lowest BCUT2D eigenvalue weighted by molar-refractivity contribution is -0.121. The molecule has 35 heavy (non-hydrogen) atoms. The van der Waals surface area contributed by atoms with Crippen LogP contribution in [0.5, 0.6) is 5.75 Å². The van der Waals surface area contributed by atoms with E-state index in [4.69, 9.17) is 9.72 Å². The van der Waals surface area contributed by atoms with Gasteiger partial charge in [-0.25, -0.2) is 9.07 Å². The maximum absolute atomic E-state index is 13.3. The van der Waals surface area contributed by atoms with Gasteiger partial charge < -0.3 is 15.0 Å². The van der Waals surface area contributed by atoms with Crippen LogP contribution in [0.3, 0.4) is 0 Å². The Hall–Kier alpha value is -3.46. The number of aryl methyl sites for hydroxylation is 2. The summed E-state index contributed by atoms with van der Waals surface area (Å²) < 4.78 is 21.4. The summed E-state index contributed by atoms with van der Waals surface area (Å²) in [6.07, 6.45) is 2.91. The minimum atomic E-state index is -0.275. The van der Waals surface area contributed by atoms with Gasteiger partial charge in [0.05, 0.1) is 23.2 Å². The van der Waals surface area contributed by atoms with Crippen molar-refractivity contribution in [3.63, 3.8) is 0 Å². The molecule has 182 valence electrons. The maximum atomic E-state index is 13.3. The molecule has 0 aliphatic carbocycles. The fourth-order valence-corrected chi connectivity index (χ4v) is 5.46. The standard InChI is InChI=1S/C26H28FN5O2S/c1-17-24-25(32(30-17)21-9-7-19(27)8-10-21)29-26(35-24)31-14-12-20(13-15-31)28-23(33)11-6-18-4-3-5-22(16-18)34-2/h3-5,7-10,16,20H,6,11-15H2,1-2H3,(H,28,33). The fourth-order valence-electron chi connectivity index (χ4n) is 4.42. The zero-order chi connectivity index (χ0) is 24.4. The van der Waals surface area contributed by atoms with Gasteiger partial charge in [-0.05, 0) is 68.1 Å². The second kappa shape index (κ2) is 10.0. The number of carbonyl (C=O) groups is 1. The van der Waals surface area contributed by atoms with Crippen molar-refractivity contribution in [2.24, 2.45) is 0 Å². The number of anilines is 1. The van der Waals surface area contributed by atoms with E-state index < -0.39 is 0 Å². The first kappa shape index (κ1) is 23.3. The highest BCUT2D eigenvalue weighted by Gasteiger charge is 2.24. The van der Waals surface area contributed by atoms with Gasteiger partial charge in [-0.15, -0.1) is 0 Å². The third-order valence-electron chi connectivity index (χ3n) is 6.35. The average Bonchev–Trinajstić information content (AvgIpc) is 3.44. The topological polar surface area (TPSA) is 72.3 Å². The Morgan fingerprint density at radius 1 is 1.20 bits per heavy atom. The molecule has 3 heterocycles. The molecule has 1 amide bonds. The van der Waals surface area contributed by atoms with E-state index in [0.29, 0.717) is 12.8 Å². The Bertz CT molecular complexity index is 1330. The number of benzene rings is 2. The molecule has 5 rings (SSSR count). The van der Waals surface area contributed by atoms with E-state index in [2.05, 4.69) is 15.3 Å². The molecule has 1 N–H and O–H groups in total. The number of hydrogen-bond donors (Lipinski definition) is 1. The van der Waals surface area contributed by atoms with Crippen LogP contribution in [0.2, 0.25) is 0 Å². The Labute approximate surface area is 207 Å². The molecule has 7 nitrogen and oxygen atoms in total. The van der Waals surface area contributed by atoms with Crippen LogP contribution in [0.1, 0.15) is 30.5 Å². The number of carbonyl (C=O) groups excluding carboxylic acids is 1. The molecule has 0 atom stereocenters. The minimum absolute atomic E-state index is 0.0845. The van der Waals surface area contributed by atoms with Crippen molar-refractivity contribution in [1.82, 2.24) is 20.1 Å². The number of rotatable bonds is 7. The summed E-state index contributed by atoms with van der Waals surface area (Å²) in [4.78, 5) is 19.7. The molecule has 2 aromatic carbocycles. The normalized spacial score (nSPS) is 14.4. The van der Waals surface area contributed by atoms with Crippen LogP contribution >= 0.6 is 11.3 Å². The first-order valence-electron chi connectivity index (χ1n) is 11.8. The maximum Gasteiger partial charge on any atom is 0.220 e. The summed E-state index contributed by atoms with van der Waals surface area (Å²) in [5, 5.41) is 8.75. The van der Waals surface area contributed by atoms with E-state index in [0.717, 1.165) is 64.1 Å². The summed E-state index contributed by atoms with van der Waals surface area (Å²) >= 11 is 1.63. The predicted molar refractivity (Wildman–Crippen MR) is 136 cm³/mol. The summed E-state index contributed by atoms with van der Waals surface area (Å²) in [5.74, 6) is 0.620. The van der Waals surface area contributed by atoms with Crippen molar-refractivity contribution in [3.05, 3.63) is 65.6 Å². The molecule has 0 bridgehead atoms. The van der Waals surface area contributed by atoms with Crippen LogP contribution in [-0.4, -0.2) is 46.9 Å². The number of piperidine rings is 1. The van der Waals surface area contributed by atoms with Crippen LogP contribution in [0.25, 0.3) is 16.0 Å². The number of thiazole rings is 1. The average molecular weight is 494 g/mol. The second-order valence-electron chi connectivity index (χ2n) is 8.80. The summed E-state index contributed by atoms with van der Waals surface area (Å²) in [6, 6.07) is 14.3. The highest BCUT2D eigenvalue weighted by molar-refractivity contribution is 7.22. The number of hydrogen-bond acceptors (Lipinski definition) is 6. The van der Waals surface area contributed by atoms with Gasteiger partial charge in [0.2, 0.25) is 5.91 Å². The lowest BCUT2D eigenvalue weighted by Gasteiger charge is -2.32. The van der Waals surface area contributed by atoms with E-state index >= 15 is 0 Å². The first-order valence-corrected chi connectivity index (χ1v) is 12.6. The Kier molecular flexibility index (Phi) is 6.68. The number of ether oxygens (including phenoxy) is 1. The van der Waals surface area contributed by atoms with Crippen molar-refractivity contribution < 1.29 is 13.9 Å². The van der Waals surface area contributed by atoms with Crippen LogP contribution in [-0.2, 0) is 11.2 Å². The number of fused-ring (bicyclic) bond motifs is 1. The zero-order valence-corrected chi connectivity index (χ0v) is 20.6. The minimum Gasteiger partial charge on any atom is -0.497 e. The van der Waals surface area contributed by atoms with E-state index in [1.807, 2.05) is 31.2 Å². The number of nitrogens with zero attached hydrogens (tertiary/aromatic N) is 4. The van der Waals surface area contributed by atoms with E-state index in [-0.39, 0.29) is 17.8 Å². The zero-order valence-electron chi connectivity index (χ0n) is 19.8. The molecule has 9 heteroatoms. The van der Waals surface area contributed by atoms with Gasteiger partial charge >= 0.3 is 0 Å². The van der Waals surface area contributed by atoms with Crippen molar-refractivity contribution in [2.45, 2.75) is 38.6 Å². The molecule has 1 aliphatic rings. The van der Waals surface area contributed by atoms with E-state index in [9.17, 15) is 9.18 Å². The highest BCUT2D eigenvalue weighted by atomic mass is 32.1. The quantitative estimate of drug-likeness (QED) is 0.406. The lowest BCUT2D eigenvalue weighted by atomic mass is 10.0. The van der Waals surface area contributed by atoms with Gasteiger partial charge in [0.25, 0.3) is 0 Å².